The van der Waals surface area contributed by atoms with E-state index in [1.807, 2.05) is 6.92 Å². The van der Waals surface area contributed by atoms with E-state index in [1.165, 1.54) is 0 Å². The van der Waals surface area contributed by atoms with Gasteiger partial charge in [-0.3, -0.25) is 4.79 Å². The summed E-state index contributed by atoms with van der Waals surface area (Å²) >= 11 is 0. The number of fused-ring (bicyclic) bond motifs is 1. The molecule has 3 rings (SSSR count). The fraction of sp³-hybridized carbons (Fsp3) is 0.636. The molecule has 1 aliphatic carbocycles. The second-order valence-corrected chi connectivity index (χ2v) is 8.06. The fourth-order valence-electron chi connectivity index (χ4n) is 4.41. The molecule has 4 unspecified atom stereocenters. The zero-order valence-corrected chi connectivity index (χ0v) is 16.6. The topological polar surface area (TPSA) is 72.8 Å². The first-order valence-electron chi connectivity index (χ1n) is 10.3. The largest absolute Gasteiger partial charge is 0.462 e. The Morgan fingerprint density at radius 3 is 2.76 bits per heavy atom. The van der Waals surface area contributed by atoms with E-state index in [2.05, 4.69) is 0 Å². The molecule has 0 aromatic heterocycles. The number of carbonyl (C=O) groups is 2. The Morgan fingerprint density at radius 1 is 1.34 bits per heavy atom. The minimum atomic E-state index is -3.15. The van der Waals surface area contributed by atoms with Crippen molar-refractivity contribution in [2.24, 2.45) is 11.8 Å². The molecule has 7 heteroatoms. The van der Waals surface area contributed by atoms with Crippen LogP contribution in [-0.4, -0.2) is 41.3 Å². The van der Waals surface area contributed by atoms with Gasteiger partial charge in [-0.15, -0.1) is 0 Å². The Morgan fingerprint density at radius 2 is 2.07 bits per heavy atom. The third kappa shape index (κ3) is 5.13. The van der Waals surface area contributed by atoms with E-state index < -0.39 is 24.1 Å². The Hall–Kier alpha value is -2.02. The molecule has 5 nitrogen and oxygen atoms in total. The highest BCUT2D eigenvalue weighted by Crippen LogP contribution is 2.45. The van der Waals surface area contributed by atoms with Crippen molar-refractivity contribution in [3.8, 4) is 0 Å². The number of alkyl halides is 2. The summed E-state index contributed by atoms with van der Waals surface area (Å²) in [6, 6.07) is 8.54. The second kappa shape index (κ2) is 9.20. The number of unbranched alkanes of at least 4 members (excludes halogenated alkanes) is 1. The van der Waals surface area contributed by atoms with E-state index in [0.29, 0.717) is 24.8 Å². The first-order valence-corrected chi connectivity index (χ1v) is 10.3. The molecule has 1 heterocycles. The van der Waals surface area contributed by atoms with Crippen LogP contribution in [0.2, 0.25) is 0 Å². The van der Waals surface area contributed by atoms with Crippen LogP contribution < -0.4 is 0 Å². The maximum Gasteiger partial charge on any atom is 0.338 e. The summed E-state index contributed by atoms with van der Waals surface area (Å²) in [5.74, 6) is -4.41. The molecular weight excluding hydrogens is 382 g/mol. The maximum absolute atomic E-state index is 14.1. The highest BCUT2D eigenvalue weighted by molar-refractivity contribution is 5.89. The minimum Gasteiger partial charge on any atom is -0.462 e. The molecule has 5 atom stereocenters. The average molecular weight is 410 g/mol. The van der Waals surface area contributed by atoms with Gasteiger partial charge in [0.15, 0.2) is 0 Å². The van der Waals surface area contributed by atoms with Crippen molar-refractivity contribution in [3.05, 3.63) is 35.9 Å². The predicted octanol–water partition coefficient (Wildman–Crippen LogP) is 4.13. The summed E-state index contributed by atoms with van der Waals surface area (Å²) in [5.41, 5.74) is 0.409. The number of hydrogen-bond donors (Lipinski definition) is 1. The highest BCUT2D eigenvalue weighted by atomic mass is 19.3. The monoisotopic (exact) mass is 410 g/mol. The van der Waals surface area contributed by atoms with Crippen LogP contribution in [0.5, 0.6) is 0 Å². The SMILES string of the molecule is CCCCC(F)(F)C(O)CC[C@H]1C(OC(=O)c2ccccc2)CC2OC(=O)CC21. The van der Waals surface area contributed by atoms with Crippen LogP contribution in [0.25, 0.3) is 0 Å². The van der Waals surface area contributed by atoms with Crippen LogP contribution in [0.3, 0.4) is 0 Å². The number of esters is 2. The van der Waals surface area contributed by atoms with E-state index in [0.717, 1.165) is 0 Å². The first-order chi connectivity index (χ1) is 13.8. The Balaban J connectivity index is 1.65. The summed E-state index contributed by atoms with van der Waals surface area (Å²) in [4.78, 5) is 24.1. The zero-order chi connectivity index (χ0) is 21.0. The van der Waals surface area contributed by atoms with Gasteiger partial charge in [-0.25, -0.2) is 13.6 Å². The third-order valence-electron chi connectivity index (χ3n) is 6.05. The molecule has 29 heavy (non-hydrogen) atoms. The zero-order valence-electron chi connectivity index (χ0n) is 16.6. The van der Waals surface area contributed by atoms with Crippen LogP contribution in [0.15, 0.2) is 30.3 Å². The van der Waals surface area contributed by atoms with E-state index in [1.54, 1.807) is 30.3 Å². The number of halogens is 2. The molecule has 1 aliphatic heterocycles. The van der Waals surface area contributed by atoms with Gasteiger partial charge < -0.3 is 14.6 Å². The van der Waals surface area contributed by atoms with Gasteiger partial charge in [0.25, 0.3) is 5.92 Å². The number of rotatable bonds is 9. The lowest BCUT2D eigenvalue weighted by Crippen LogP contribution is -2.35. The summed E-state index contributed by atoms with van der Waals surface area (Å²) in [6.07, 6.45) is -1.33. The molecule has 160 valence electrons. The summed E-state index contributed by atoms with van der Waals surface area (Å²) < 4.78 is 39.2. The maximum atomic E-state index is 14.1. The second-order valence-electron chi connectivity index (χ2n) is 8.06. The van der Waals surface area contributed by atoms with Gasteiger partial charge in [-0.05, 0) is 31.4 Å². The Bertz CT molecular complexity index is 708. The molecule has 1 saturated carbocycles. The molecule has 0 spiro atoms. The molecule has 0 bridgehead atoms. The molecular formula is C22H28F2O5. The first kappa shape index (κ1) is 21.7. The lowest BCUT2D eigenvalue weighted by Gasteiger charge is -2.27. The van der Waals surface area contributed by atoms with Gasteiger partial charge in [-0.1, -0.05) is 31.5 Å². The molecule has 1 saturated heterocycles. The smallest absolute Gasteiger partial charge is 0.338 e. The molecule has 1 aromatic rings. The number of hydrogen-bond acceptors (Lipinski definition) is 5. The molecule has 2 aliphatic rings. The number of carbonyl (C=O) groups excluding carboxylic acids is 2. The molecule has 2 fully saturated rings. The summed E-state index contributed by atoms with van der Waals surface area (Å²) in [5, 5.41) is 10.0. The van der Waals surface area contributed by atoms with Crippen molar-refractivity contribution in [2.75, 3.05) is 0 Å². The third-order valence-corrected chi connectivity index (χ3v) is 6.05. The van der Waals surface area contributed by atoms with Crippen molar-refractivity contribution >= 4 is 11.9 Å². The number of ether oxygens (including phenoxy) is 2. The van der Waals surface area contributed by atoms with Crippen molar-refractivity contribution < 1.29 is 33.0 Å². The van der Waals surface area contributed by atoms with Gasteiger partial charge in [0.2, 0.25) is 0 Å². The molecule has 0 amide bonds. The van der Waals surface area contributed by atoms with E-state index in [4.69, 9.17) is 9.47 Å². The summed E-state index contributed by atoms with van der Waals surface area (Å²) in [7, 11) is 0. The van der Waals surface area contributed by atoms with Crippen LogP contribution in [0.1, 0.15) is 62.2 Å². The van der Waals surface area contributed by atoms with E-state index in [-0.39, 0.29) is 49.6 Å². The van der Waals surface area contributed by atoms with Crippen LogP contribution in [0, 0.1) is 11.8 Å². The minimum absolute atomic E-state index is 0.113. The van der Waals surface area contributed by atoms with E-state index >= 15 is 0 Å². The molecule has 1 aromatic carbocycles. The quantitative estimate of drug-likeness (QED) is 0.620. The number of aliphatic hydroxyl groups excluding tert-OH is 1. The van der Waals surface area contributed by atoms with Crippen LogP contribution in [0.4, 0.5) is 8.78 Å². The Labute approximate surface area is 169 Å². The number of benzene rings is 1. The van der Waals surface area contributed by atoms with Crippen molar-refractivity contribution in [1.29, 1.82) is 0 Å². The highest BCUT2D eigenvalue weighted by Gasteiger charge is 2.52. The fourth-order valence-corrected chi connectivity index (χ4v) is 4.41. The lowest BCUT2D eigenvalue weighted by molar-refractivity contribution is -0.142. The Kier molecular flexibility index (Phi) is 6.88. The van der Waals surface area contributed by atoms with Gasteiger partial charge >= 0.3 is 11.9 Å². The van der Waals surface area contributed by atoms with Gasteiger partial charge in [0.05, 0.1) is 12.0 Å². The van der Waals surface area contributed by atoms with Gasteiger partial charge in [0.1, 0.15) is 18.3 Å². The number of aliphatic hydroxyl groups is 1. The van der Waals surface area contributed by atoms with Crippen molar-refractivity contribution in [1.82, 2.24) is 0 Å². The lowest BCUT2D eigenvalue weighted by atomic mass is 9.86. The standard InChI is InChI=1S/C22H28F2O5/c1-2-3-11-22(23,24)19(25)10-9-15-16-12-20(26)28-18(16)13-17(15)29-21(27)14-7-5-4-6-8-14/h4-8,15-19,25H,2-3,9-13H2,1H3/t15-,16?,17?,18?,19?/m1/s1. The van der Waals surface area contributed by atoms with Crippen LogP contribution in [-0.2, 0) is 14.3 Å². The average Bonchev–Trinajstić information content (AvgIpc) is 3.20. The predicted molar refractivity (Wildman–Crippen MR) is 101 cm³/mol. The van der Waals surface area contributed by atoms with Crippen LogP contribution >= 0.6 is 0 Å². The summed E-state index contributed by atoms with van der Waals surface area (Å²) in [6.45, 7) is 1.82. The van der Waals surface area contributed by atoms with E-state index in [9.17, 15) is 23.5 Å². The molecule has 0 radical (unpaired) electrons. The van der Waals surface area contributed by atoms with Crippen molar-refractivity contribution in [2.45, 2.75) is 76.1 Å². The van der Waals surface area contributed by atoms with Gasteiger partial charge in [0, 0.05) is 24.7 Å². The van der Waals surface area contributed by atoms with Crippen molar-refractivity contribution in [3.63, 3.8) is 0 Å². The normalized spacial score (nSPS) is 27.4. The van der Waals surface area contributed by atoms with Gasteiger partial charge in [-0.2, -0.15) is 0 Å². The molecule has 1 N–H and O–H groups in total.